The summed E-state index contributed by atoms with van der Waals surface area (Å²) in [7, 11) is 4.61. The molecule has 31 heavy (non-hydrogen) atoms. The Hall–Kier alpha value is -1.51. The number of aromatic nitrogens is 1. The van der Waals surface area contributed by atoms with Crippen molar-refractivity contribution in [1.29, 1.82) is 0 Å². The van der Waals surface area contributed by atoms with Crippen molar-refractivity contribution < 1.29 is 0 Å². The highest BCUT2D eigenvalue weighted by molar-refractivity contribution is 14.2. The summed E-state index contributed by atoms with van der Waals surface area (Å²) in [6, 6.07) is 13.7. The molecule has 0 aliphatic carbocycles. The number of likely N-dealkylation sites (tertiary alicyclic amines) is 1. The normalized spacial score (nSPS) is 30.7. The zero-order valence-electron chi connectivity index (χ0n) is 18.7. The van der Waals surface area contributed by atoms with Gasteiger partial charge in [-0.15, -0.1) is 0 Å². The number of anilines is 2. The predicted octanol–water partition coefficient (Wildman–Crippen LogP) is 4.20. The molecule has 1 N–H and O–H groups in total. The Bertz CT molecular complexity index is 1020. The van der Waals surface area contributed by atoms with Gasteiger partial charge in [-0.25, -0.2) is 0 Å². The first-order chi connectivity index (χ1) is 15.1. The largest absolute Gasteiger partial charge is 0.367 e. The van der Waals surface area contributed by atoms with Crippen LogP contribution in [0.4, 0.5) is 11.4 Å². The molecule has 6 heteroatoms. The molecule has 2 unspecified atom stereocenters. The Morgan fingerprint density at radius 1 is 1.00 bits per heavy atom. The van der Waals surface area contributed by atoms with E-state index in [-0.39, 0.29) is 20.7 Å². The summed E-state index contributed by atoms with van der Waals surface area (Å²) in [5.74, 6) is 0. The van der Waals surface area contributed by atoms with Crippen molar-refractivity contribution in [2.45, 2.75) is 56.8 Å². The lowest BCUT2D eigenvalue weighted by Crippen LogP contribution is -2.67. The predicted molar refractivity (Wildman–Crippen MR) is 137 cm³/mol. The molecule has 0 spiro atoms. The SMILES string of the molecule is Cc1cccnc1[C@@H]1CCC[C@H](C2=Ic3cccc(N4CC5CC(C4)N5C)c3N2)N1C. The lowest BCUT2D eigenvalue weighted by molar-refractivity contribution is 0.0264. The van der Waals surface area contributed by atoms with Crippen LogP contribution in [0, 0.1) is 10.5 Å². The molecular weight excluding hydrogens is 497 g/mol. The Morgan fingerprint density at radius 3 is 2.58 bits per heavy atom. The standard InChI is InChI=1S/C25H32IN5/c1-16-7-6-12-27-23(16)20-9-5-11-22(30(20)3)25-26-19-8-4-10-21(24(19)28-25)31-14-17-13-18(15-31)29(17)2/h4,6-8,10,12,17-18,20,22,28H,5,9,11,13-15H2,1-3H3/t17?,18?,20-,22+/m0/s1. The molecule has 4 saturated heterocycles. The number of para-hydroxylation sites is 1. The summed E-state index contributed by atoms with van der Waals surface area (Å²) < 4.78 is 3.16. The average Bonchev–Trinajstić information content (AvgIpc) is 3.23. The molecule has 1 aromatic carbocycles. The second kappa shape index (κ2) is 7.81. The number of nitrogens with one attached hydrogen (secondary N) is 1. The van der Waals surface area contributed by atoms with Crippen LogP contribution in [-0.2, 0) is 0 Å². The summed E-state index contributed by atoms with van der Waals surface area (Å²) in [4.78, 5) is 12.6. The third-order valence-electron chi connectivity index (χ3n) is 7.94. The Balaban J connectivity index is 1.24. The Labute approximate surface area is 195 Å². The van der Waals surface area contributed by atoms with E-state index in [0.717, 1.165) is 12.1 Å². The summed E-state index contributed by atoms with van der Waals surface area (Å²) in [5.41, 5.74) is 5.43. The third kappa shape index (κ3) is 3.33. The van der Waals surface area contributed by atoms with E-state index in [9.17, 15) is 0 Å². The van der Waals surface area contributed by atoms with E-state index in [1.54, 1.807) is 7.20 Å². The number of hydrogen-bond acceptors (Lipinski definition) is 5. The molecule has 6 heterocycles. The van der Waals surface area contributed by atoms with Crippen molar-refractivity contribution in [1.82, 2.24) is 14.8 Å². The van der Waals surface area contributed by atoms with E-state index in [4.69, 9.17) is 4.98 Å². The maximum Gasteiger partial charge on any atom is 0.0755 e. The number of hydrogen-bond donors (Lipinski definition) is 1. The fourth-order valence-electron chi connectivity index (χ4n) is 5.98. The minimum atomic E-state index is -0.135. The van der Waals surface area contributed by atoms with Gasteiger partial charge in [0.1, 0.15) is 0 Å². The van der Waals surface area contributed by atoms with Crippen LogP contribution in [0.5, 0.6) is 0 Å². The van der Waals surface area contributed by atoms with Crippen molar-refractivity contribution >= 4 is 35.7 Å². The molecule has 4 atom stereocenters. The van der Waals surface area contributed by atoms with Gasteiger partial charge in [-0.3, -0.25) is 14.8 Å². The first-order valence-electron chi connectivity index (χ1n) is 11.6. The molecular formula is C25H32IN5. The van der Waals surface area contributed by atoms with Crippen LogP contribution in [0.3, 0.4) is 0 Å². The van der Waals surface area contributed by atoms with Crippen LogP contribution < -0.4 is 10.2 Å². The van der Waals surface area contributed by atoms with Gasteiger partial charge < -0.3 is 10.2 Å². The number of halogens is 1. The molecule has 5 nitrogen and oxygen atoms in total. The molecule has 1 aromatic heterocycles. The van der Waals surface area contributed by atoms with Crippen LogP contribution in [0.2, 0.25) is 0 Å². The van der Waals surface area contributed by atoms with E-state index in [0.29, 0.717) is 12.1 Å². The van der Waals surface area contributed by atoms with E-state index in [1.807, 2.05) is 6.20 Å². The quantitative estimate of drug-likeness (QED) is 0.604. The second-order valence-electron chi connectivity index (χ2n) is 9.65. The molecule has 2 bridgehead atoms. The third-order valence-corrected chi connectivity index (χ3v) is 11.0. The highest BCUT2D eigenvalue weighted by atomic mass is 127. The van der Waals surface area contributed by atoms with E-state index >= 15 is 0 Å². The number of piperidine rings is 2. The summed E-state index contributed by atoms with van der Waals surface area (Å²) in [5, 5.41) is 3.98. The second-order valence-corrected chi connectivity index (χ2v) is 12.5. The van der Waals surface area contributed by atoms with Crippen molar-refractivity contribution in [2.75, 3.05) is 37.4 Å². The van der Waals surface area contributed by atoms with E-state index in [2.05, 4.69) is 71.4 Å². The number of fused-ring (bicyclic) bond motifs is 3. The Kier molecular flexibility index (Phi) is 5.07. The monoisotopic (exact) mass is 529 g/mol. The van der Waals surface area contributed by atoms with Crippen LogP contribution in [0.15, 0.2) is 36.5 Å². The van der Waals surface area contributed by atoms with Crippen molar-refractivity contribution in [3.8, 4) is 0 Å². The molecule has 0 amide bonds. The minimum Gasteiger partial charge on any atom is -0.367 e. The lowest BCUT2D eigenvalue weighted by atomic mass is 9.88. The van der Waals surface area contributed by atoms with E-state index in [1.165, 1.54) is 61.4 Å². The van der Waals surface area contributed by atoms with Crippen LogP contribution in [0.1, 0.15) is 43.0 Å². The number of piperazine rings is 1. The van der Waals surface area contributed by atoms with Gasteiger partial charge in [-0.2, -0.15) is 0 Å². The number of nitrogens with zero attached hydrogens (tertiary/aromatic N) is 4. The number of rotatable bonds is 3. The topological polar surface area (TPSA) is 34.6 Å². The summed E-state index contributed by atoms with van der Waals surface area (Å²) >= 11 is -0.135. The van der Waals surface area contributed by atoms with Gasteiger partial charge in [0.2, 0.25) is 0 Å². The molecule has 0 saturated carbocycles. The van der Waals surface area contributed by atoms with Gasteiger partial charge in [0.25, 0.3) is 0 Å². The van der Waals surface area contributed by atoms with Crippen LogP contribution >= 0.6 is 20.7 Å². The van der Waals surface area contributed by atoms with Crippen molar-refractivity contribution in [3.63, 3.8) is 0 Å². The summed E-state index contributed by atoms with van der Waals surface area (Å²) in [6.07, 6.45) is 7.06. The lowest BCUT2D eigenvalue weighted by Gasteiger charge is -2.55. The molecule has 0 radical (unpaired) electrons. The summed E-state index contributed by atoms with van der Waals surface area (Å²) in [6.45, 7) is 4.54. The molecule has 4 fully saturated rings. The molecule has 5 aliphatic rings. The van der Waals surface area contributed by atoms with Gasteiger partial charge in [-0.1, -0.05) is 32.9 Å². The van der Waals surface area contributed by atoms with Gasteiger partial charge in [0.05, 0.1) is 32.8 Å². The highest BCUT2D eigenvalue weighted by Crippen LogP contribution is 2.44. The molecule has 164 valence electrons. The molecule has 2 aromatic rings. The number of benzene rings is 1. The maximum atomic E-state index is 4.77. The Morgan fingerprint density at radius 2 is 1.81 bits per heavy atom. The fraction of sp³-hybridized carbons (Fsp3) is 0.520. The first-order valence-corrected chi connectivity index (χ1v) is 13.8. The van der Waals surface area contributed by atoms with Crippen LogP contribution in [0.25, 0.3) is 0 Å². The van der Waals surface area contributed by atoms with Crippen LogP contribution in [-0.4, -0.2) is 63.7 Å². The number of aryl methyl sites for hydroxylation is 1. The smallest absolute Gasteiger partial charge is 0.0755 e. The molecule has 5 aliphatic heterocycles. The zero-order valence-corrected chi connectivity index (χ0v) is 20.8. The first kappa shape index (κ1) is 20.1. The number of pyridine rings is 1. The van der Waals surface area contributed by atoms with Crippen molar-refractivity contribution in [2.24, 2.45) is 0 Å². The molecule has 7 rings (SSSR count). The van der Waals surface area contributed by atoms with Gasteiger partial charge in [0.15, 0.2) is 0 Å². The van der Waals surface area contributed by atoms with E-state index < -0.39 is 0 Å². The van der Waals surface area contributed by atoms with Gasteiger partial charge in [0, 0.05) is 34.9 Å². The minimum absolute atomic E-state index is 0.135. The van der Waals surface area contributed by atoms with Gasteiger partial charge >= 0.3 is 0 Å². The average molecular weight is 529 g/mol. The fourth-order valence-corrected chi connectivity index (χ4v) is 9.19. The maximum absolute atomic E-state index is 4.77. The highest BCUT2D eigenvalue weighted by Gasteiger charge is 2.43. The number of likely N-dealkylation sites (N-methyl/N-ethyl adjacent to an activating group) is 2. The van der Waals surface area contributed by atoms with Crippen molar-refractivity contribution in [3.05, 3.63) is 51.4 Å². The zero-order chi connectivity index (χ0) is 21.1. The van der Waals surface area contributed by atoms with Gasteiger partial charge in [-0.05, 0) is 70.5 Å².